The Hall–Kier alpha value is -2.63. The first-order chi connectivity index (χ1) is 32.0. The number of esters is 3. The van der Waals surface area contributed by atoms with E-state index in [1.165, 1.54) is 167 Å². The monoisotopic (exact) mass is 911 g/mol. The Bertz CT molecular complexity index is 1140. The van der Waals surface area contributed by atoms with Crippen LogP contribution >= 0.6 is 0 Å². The quantitative estimate of drug-likeness (QED) is 0.0262. The first-order valence-corrected chi connectivity index (χ1v) is 28.1. The van der Waals surface area contributed by atoms with Crippen LogP contribution in [0.15, 0.2) is 48.6 Å². The van der Waals surface area contributed by atoms with Crippen LogP contribution in [0.2, 0.25) is 0 Å². The predicted molar refractivity (Wildman–Crippen MR) is 279 cm³/mol. The van der Waals surface area contributed by atoms with E-state index in [2.05, 4.69) is 69.4 Å². The molecular formula is C59H106O6. The Morgan fingerprint density at radius 2 is 0.600 bits per heavy atom. The normalized spacial score (nSPS) is 12.4. The van der Waals surface area contributed by atoms with Gasteiger partial charge in [-0.1, -0.05) is 262 Å². The average molecular weight is 911 g/mol. The van der Waals surface area contributed by atoms with Crippen LogP contribution in [0.3, 0.4) is 0 Å². The summed E-state index contributed by atoms with van der Waals surface area (Å²) in [5, 5.41) is 0. The van der Waals surface area contributed by atoms with Gasteiger partial charge in [-0.25, -0.2) is 0 Å². The molecule has 6 nitrogen and oxygen atoms in total. The molecule has 0 saturated heterocycles. The number of hydrogen-bond donors (Lipinski definition) is 0. The van der Waals surface area contributed by atoms with E-state index < -0.39 is 6.10 Å². The molecule has 0 aliphatic heterocycles. The number of carbonyl (C=O) groups excluding carboxylic acids is 3. The minimum atomic E-state index is -0.790. The molecule has 378 valence electrons. The van der Waals surface area contributed by atoms with Crippen LogP contribution in [0.25, 0.3) is 0 Å². The van der Waals surface area contributed by atoms with Gasteiger partial charge < -0.3 is 14.2 Å². The summed E-state index contributed by atoms with van der Waals surface area (Å²) in [6, 6.07) is 0. The van der Waals surface area contributed by atoms with Gasteiger partial charge in [0, 0.05) is 19.3 Å². The van der Waals surface area contributed by atoms with E-state index in [1.54, 1.807) is 0 Å². The van der Waals surface area contributed by atoms with Crippen LogP contribution in [0, 0.1) is 0 Å². The second-order valence-electron chi connectivity index (χ2n) is 18.8. The minimum Gasteiger partial charge on any atom is -0.462 e. The molecule has 65 heavy (non-hydrogen) atoms. The van der Waals surface area contributed by atoms with Crippen molar-refractivity contribution in [3.63, 3.8) is 0 Å². The van der Waals surface area contributed by atoms with Gasteiger partial charge in [0.15, 0.2) is 6.10 Å². The van der Waals surface area contributed by atoms with Crippen molar-refractivity contribution in [2.75, 3.05) is 13.2 Å². The summed E-state index contributed by atoms with van der Waals surface area (Å²) in [6.45, 7) is 6.53. The van der Waals surface area contributed by atoms with Gasteiger partial charge in [0.05, 0.1) is 0 Å². The van der Waals surface area contributed by atoms with Crippen LogP contribution in [0.5, 0.6) is 0 Å². The number of ether oxygens (including phenoxy) is 3. The highest BCUT2D eigenvalue weighted by molar-refractivity contribution is 5.71. The first kappa shape index (κ1) is 62.4. The Kier molecular flexibility index (Phi) is 51.8. The molecule has 6 heteroatoms. The maximum atomic E-state index is 12.8. The van der Waals surface area contributed by atoms with Gasteiger partial charge in [-0.05, 0) is 57.8 Å². The predicted octanol–water partition coefficient (Wildman–Crippen LogP) is 18.7. The van der Waals surface area contributed by atoms with Gasteiger partial charge in [-0.3, -0.25) is 14.4 Å². The molecule has 0 amide bonds. The number of allylic oxidation sites excluding steroid dienone is 8. The molecule has 0 rings (SSSR count). The highest BCUT2D eigenvalue weighted by Crippen LogP contribution is 2.17. The average Bonchev–Trinajstić information content (AvgIpc) is 3.30. The molecule has 0 radical (unpaired) electrons. The van der Waals surface area contributed by atoms with Crippen molar-refractivity contribution in [3.05, 3.63) is 48.6 Å². The topological polar surface area (TPSA) is 78.9 Å². The summed E-state index contributed by atoms with van der Waals surface area (Å²) in [5.74, 6) is -0.912. The zero-order chi connectivity index (χ0) is 47.2. The highest BCUT2D eigenvalue weighted by atomic mass is 16.6. The van der Waals surface area contributed by atoms with Crippen LogP contribution in [0.4, 0.5) is 0 Å². The van der Waals surface area contributed by atoms with Crippen LogP contribution < -0.4 is 0 Å². The summed E-state index contributed by atoms with van der Waals surface area (Å²) in [7, 11) is 0. The van der Waals surface area contributed by atoms with Crippen molar-refractivity contribution in [3.8, 4) is 0 Å². The Labute approximate surface area is 403 Å². The SMILES string of the molecule is CC/C=C\C/C=C\C/C=C\C/C=C\CCCCC(=O)OC(COC(=O)CCCCCCCCCCCCCCCC)COC(=O)CCCCCCCCCCCCCCCCCCCC. The summed E-state index contributed by atoms with van der Waals surface area (Å²) in [6.07, 6.45) is 65.3. The van der Waals surface area contributed by atoms with Gasteiger partial charge in [0.25, 0.3) is 0 Å². The first-order valence-electron chi connectivity index (χ1n) is 28.1. The van der Waals surface area contributed by atoms with E-state index in [1.807, 2.05) is 0 Å². The number of hydrogen-bond acceptors (Lipinski definition) is 6. The van der Waals surface area contributed by atoms with Gasteiger partial charge in [0.2, 0.25) is 0 Å². The lowest BCUT2D eigenvalue weighted by Crippen LogP contribution is -2.30. The van der Waals surface area contributed by atoms with E-state index in [0.29, 0.717) is 19.3 Å². The molecule has 0 aromatic carbocycles. The molecule has 0 saturated carbocycles. The standard InChI is InChI=1S/C59H106O6/c1-4-7-10-13-16-19-22-25-28-29-30-32-34-37-40-43-46-49-52-58(61)64-55-56(54-63-57(60)51-48-45-42-39-36-33-27-24-21-18-15-12-9-6-3)65-59(62)53-50-47-44-41-38-35-31-26-23-20-17-14-11-8-5-2/h8,11,17,20,26,31,38,41,56H,4-7,9-10,12-16,18-19,21-25,27-30,32-37,39-40,42-55H2,1-3H3/b11-8-,20-17-,31-26-,41-38-. The summed E-state index contributed by atoms with van der Waals surface area (Å²) in [5.41, 5.74) is 0. The third kappa shape index (κ3) is 52.2. The molecule has 0 N–H and O–H groups in total. The Balaban J connectivity index is 4.38. The number of unbranched alkanes of at least 4 members (excludes halogenated alkanes) is 32. The van der Waals surface area contributed by atoms with Gasteiger partial charge in [-0.15, -0.1) is 0 Å². The maximum Gasteiger partial charge on any atom is 0.306 e. The number of carbonyl (C=O) groups is 3. The Morgan fingerprint density at radius 3 is 0.938 bits per heavy atom. The highest BCUT2D eigenvalue weighted by Gasteiger charge is 2.19. The van der Waals surface area contributed by atoms with Crippen molar-refractivity contribution >= 4 is 17.9 Å². The van der Waals surface area contributed by atoms with E-state index in [0.717, 1.165) is 77.0 Å². The minimum absolute atomic E-state index is 0.0856. The van der Waals surface area contributed by atoms with E-state index >= 15 is 0 Å². The van der Waals surface area contributed by atoms with Crippen LogP contribution in [-0.4, -0.2) is 37.2 Å². The second kappa shape index (κ2) is 54.0. The Morgan fingerprint density at radius 1 is 0.323 bits per heavy atom. The van der Waals surface area contributed by atoms with E-state index in [-0.39, 0.29) is 37.5 Å². The molecular weight excluding hydrogens is 805 g/mol. The van der Waals surface area contributed by atoms with E-state index in [9.17, 15) is 14.4 Å². The summed E-state index contributed by atoms with van der Waals surface area (Å²) < 4.78 is 16.8. The lowest BCUT2D eigenvalue weighted by atomic mass is 10.0. The molecule has 0 aliphatic carbocycles. The zero-order valence-corrected chi connectivity index (χ0v) is 43.3. The molecule has 0 spiro atoms. The summed E-state index contributed by atoms with van der Waals surface area (Å²) in [4.78, 5) is 38.1. The summed E-state index contributed by atoms with van der Waals surface area (Å²) >= 11 is 0. The van der Waals surface area contributed by atoms with Gasteiger partial charge in [0.1, 0.15) is 13.2 Å². The number of rotatable bonds is 51. The van der Waals surface area contributed by atoms with Crippen LogP contribution in [0.1, 0.15) is 290 Å². The zero-order valence-electron chi connectivity index (χ0n) is 43.3. The molecule has 0 bridgehead atoms. The van der Waals surface area contributed by atoms with Crippen molar-refractivity contribution in [2.24, 2.45) is 0 Å². The van der Waals surface area contributed by atoms with Crippen molar-refractivity contribution < 1.29 is 28.6 Å². The molecule has 0 fully saturated rings. The molecule has 0 aromatic rings. The van der Waals surface area contributed by atoms with Crippen LogP contribution in [-0.2, 0) is 28.6 Å². The van der Waals surface area contributed by atoms with Crippen molar-refractivity contribution in [1.29, 1.82) is 0 Å². The fourth-order valence-electron chi connectivity index (χ4n) is 8.14. The lowest BCUT2D eigenvalue weighted by Gasteiger charge is -2.18. The lowest BCUT2D eigenvalue weighted by molar-refractivity contribution is -0.167. The molecule has 0 aromatic heterocycles. The molecule has 0 aliphatic rings. The fraction of sp³-hybridized carbons (Fsp3) is 0.814. The van der Waals surface area contributed by atoms with Gasteiger partial charge in [-0.2, -0.15) is 0 Å². The van der Waals surface area contributed by atoms with Crippen molar-refractivity contribution in [1.82, 2.24) is 0 Å². The third-order valence-corrected chi connectivity index (χ3v) is 12.3. The second-order valence-corrected chi connectivity index (χ2v) is 18.8. The fourth-order valence-corrected chi connectivity index (χ4v) is 8.14. The molecule has 0 heterocycles. The maximum absolute atomic E-state index is 12.8. The molecule has 1 atom stereocenters. The molecule has 1 unspecified atom stereocenters. The van der Waals surface area contributed by atoms with E-state index in [4.69, 9.17) is 14.2 Å². The third-order valence-electron chi connectivity index (χ3n) is 12.3. The largest absolute Gasteiger partial charge is 0.462 e. The smallest absolute Gasteiger partial charge is 0.306 e. The van der Waals surface area contributed by atoms with Gasteiger partial charge >= 0.3 is 17.9 Å². The van der Waals surface area contributed by atoms with Crippen molar-refractivity contribution in [2.45, 2.75) is 297 Å².